The van der Waals surface area contributed by atoms with E-state index in [0.29, 0.717) is 11.5 Å². The standard InChI is InChI=1S/C14H19NO.C6H11NO/c1-11(12-5-3-2-4-6-12)15-9-13(16)14(10-15)7-8-14;8-5-3-7-4-6(5)1-2-6/h2-6,11,13,16H,7-10H2,1H3;5,7-8H,1-4H2/t11-,13?;/m1./s1. The van der Waals surface area contributed by atoms with Gasteiger partial charge in [0.2, 0.25) is 0 Å². The number of β-amino-alcohol motifs (C(OH)–C–C–N with tert-alkyl or cyclic N) is 2. The Morgan fingerprint density at radius 2 is 1.71 bits per heavy atom. The molecule has 2 aliphatic heterocycles. The first-order chi connectivity index (χ1) is 11.5. The van der Waals surface area contributed by atoms with E-state index in [2.05, 4.69) is 47.5 Å². The quantitative estimate of drug-likeness (QED) is 0.776. The van der Waals surface area contributed by atoms with Crippen molar-refractivity contribution < 1.29 is 10.2 Å². The molecule has 4 aliphatic rings. The summed E-state index contributed by atoms with van der Waals surface area (Å²) in [6, 6.07) is 11.0. The zero-order chi connectivity index (χ0) is 16.8. The van der Waals surface area contributed by atoms with Crippen LogP contribution in [-0.2, 0) is 0 Å². The lowest BCUT2D eigenvalue weighted by molar-refractivity contribution is 0.128. The molecule has 2 saturated heterocycles. The third kappa shape index (κ3) is 3.01. The largest absolute Gasteiger partial charge is 0.391 e. The molecule has 2 heterocycles. The number of likely N-dealkylation sites (tertiary alicyclic amines) is 1. The number of aliphatic hydroxyl groups is 2. The highest BCUT2D eigenvalue weighted by atomic mass is 16.3. The number of hydrogen-bond donors (Lipinski definition) is 3. The third-order valence-corrected chi connectivity index (χ3v) is 6.77. The lowest BCUT2D eigenvalue weighted by atomic mass is 10.0. The van der Waals surface area contributed by atoms with E-state index in [-0.39, 0.29) is 17.6 Å². The van der Waals surface area contributed by atoms with Gasteiger partial charge in [0, 0.05) is 43.1 Å². The van der Waals surface area contributed by atoms with Crippen molar-refractivity contribution in [2.75, 3.05) is 26.2 Å². The second-order valence-electron chi connectivity index (χ2n) is 8.40. The molecule has 1 aromatic carbocycles. The molecule has 5 rings (SSSR count). The minimum atomic E-state index is -0.0985. The Morgan fingerprint density at radius 3 is 2.17 bits per heavy atom. The fourth-order valence-corrected chi connectivity index (χ4v) is 4.34. The maximum atomic E-state index is 10.0. The summed E-state index contributed by atoms with van der Waals surface area (Å²) in [5.41, 5.74) is 1.97. The van der Waals surface area contributed by atoms with Gasteiger partial charge in [-0.25, -0.2) is 0 Å². The Kier molecular flexibility index (Phi) is 4.20. The van der Waals surface area contributed by atoms with Crippen molar-refractivity contribution in [1.29, 1.82) is 0 Å². The smallest absolute Gasteiger partial charge is 0.0735 e. The number of aliphatic hydroxyl groups excluding tert-OH is 2. The van der Waals surface area contributed by atoms with Gasteiger partial charge in [-0.1, -0.05) is 30.3 Å². The summed E-state index contributed by atoms with van der Waals surface area (Å²) in [5.74, 6) is 0. The highest BCUT2D eigenvalue weighted by molar-refractivity contribution is 5.20. The minimum absolute atomic E-state index is 0.0394. The van der Waals surface area contributed by atoms with Gasteiger partial charge in [-0.05, 0) is 38.2 Å². The van der Waals surface area contributed by atoms with Crippen LogP contribution in [0.25, 0.3) is 0 Å². The van der Waals surface area contributed by atoms with E-state index >= 15 is 0 Å². The molecule has 0 amide bonds. The monoisotopic (exact) mass is 330 g/mol. The molecular weight excluding hydrogens is 300 g/mol. The SMILES string of the molecule is C[C@H](c1ccccc1)N1CC(O)C2(CC2)C1.OC1CNCC12CC2. The van der Waals surface area contributed by atoms with Gasteiger partial charge in [0.05, 0.1) is 12.2 Å². The normalized spacial score (nSPS) is 33.3. The molecule has 3 N–H and O–H groups in total. The number of nitrogens with zero attached hydrogens (tertiary/aromatic N) is 1. The Morgan fingerprint density at radius 1 is 1.04 bits per heavy atom. The second kappa shape index (κ2) is 6.10. The predicted octanol–water partition coefficient (Wildman–Crippen LogP) is 1.93. The summed E-state index contributed by atoms with van der Waals surface area (Å²) in [6.07, 6.45) is 4.77. The number of hydrogen-bond acceptors (Lipinski definition) is 4. The molecule has 1 aromatic rings. The van der Waals surface area contributed by atoms with Crippen LogP contribution in [0.15, 0.2) is 30.3 Å². The zero-order valence-electron chi connectivity index (χ0n) is 14.6. The first-order valence-electron chi connectivity index (χ1n) is 9.41. The van der Waals surface area contributed by atoms with E-state index in [1.165, 1.54) is 31.2 Å². The number of rotatable bonds is 2. The van der Waals surface area contributed by atoms with Crippen LogP contribution in [0.4, 0.5) is 0 Å². The molecular formula is C20H30N2O2. The Labute approximate surface area is 144 Å². The van der Waals surface area contributed by atoms with Crippen LogP contribution in [0.2, 0.25) is 0 Å². The average molecular weight is 330 g/mol. The van der Waals surface area contributed by atoms with Crippen molar-refractivity contribution in [3.05, 3.63) is 35.9 Å². The van der Waals surface area contributed by atoms with Crippen LogP contribution < -0.4 is 5.32 Å². The van der Waals surface area contributed by atoms with Gasteiger partial charge >= 0.3 is 0 Å². The molecule has 4 heteroatoms. The summed E-state index contributed by atoms with van der Waals surface area (Å²) in [7, 11) is 0. The van der Waals surface area contributed by atoms with E-state index in [4.69, 9.17) is 0 Å². The van der Waals surface area contributed by atoms with Crippen LogP contribution in [0.5, 0.6) is 0 Å². The Bertz CT molecular complexity index is 568. The highest BCUT2D eigenvalue weighted by Gasteiger charge is 2.55. The van der Waals surface area contributed by atoms with E-state index in [1.54, 1.807) is 0 Å². The lowest BCUT2D eigenvalue weighted by Gasteiger charge is -2.24. The van der Waals surface area contributed by atoms with Crippen LogP contribution in [0.3, 0.4) is 0 Å². The predicted molar refractivity (Wildman–Crippen MR) is 94.6 cm³/mol. The van der Waals surface area contributed by atoms with E-state index < -0.39 is 0 Å². The van der Waals surface area contributed by atoms with E-state index in [9.17, 15) is 10.2 Å². The topological polar surface area (TPSA) is 55.7 Å². The molecule has 4 nitrogen and oxygen atoms in total. The van der Waals surface area contributed by atoms with Crippen molar-refractivity contribution >= 4 is 0 Å². The molecule has 2 spiro atoms. The lowest BCUT2D eigenvalue weighted by Crippen LogP contribution is -2.25. The molecule has 132 valence electrons. The van der Waals surface area contributed by atoms with Gasteiger partial charge in [0.1, 0.15) is 0 Å². The van der Waals surface area contributed by atoms with Gasteiger partial charge < -0.3 is 15.5 Å². The van der Waals surface area contributed by atoms with E-state index in [0.717, 1.165) is 26.2 Å². The maximum Gasteiger partial charge on any atom is 0.0735 e. The van der Waals surface area contributed by atoms with Gasteiger partial charge in [-0.15, -0.1) is 0 Å². The summed E-state index contributed by atoms with van der Waals surface area (Å²) in [6.45, 7) is 6.03. The molecule has 24 heavy (non-hydrogen) atoms. The number of nitrogens with one attached hydrogen (secondary N) is 1. The first-order valence-corrected chi connectivity index (χ1v) is 9.41. The van der Waals surface area contributed by atoms with Gasteiger partial charge in [0.15, 0.2) is 0 Å². The minimum Gasteiger partial charge on any atom is -0.391 e. The van der Waals surface area contributed by atoms with E-state index in [1.807, 2.05) is 0 Å². The average Bonchev–Trinajstić information content (AvgIpc) is 3.47. The summed E-state index contributed by atoms with van der Waals surface area (Å²) in [4.78, 5) is 2.42. The number of benzene rings is 1. The molecule has 0 aromatic heterocycles. The molecule has 2 aliphatic carbocycles. The third-order valence-electron chi connectivity index (χ3n) is 6.77. The molecule has 0 radical (unpaired) electrons. The van der Waals surface area contributed by atoms with Crippen LogP contribution >= 0.6 is 0 Å². The molecule has 3 atom stereocenters. The van der Waals surface area contributed by atoms with Gasteiger partial charge in [-0.3, -0.25) is 4.90 Å². The maximum absolute atomic E-state index is 10.0. The molecule has 2 saturated carbocycles. The zero-order valence-corrected chi connectivity index (χ0v) is 14.6. The van der Waals surface area contributed by atoms with Crippen molar-refractivity contribution in [1.82, 2.24) is 10.2 Å². The molecule has 2 unspecified atom stereocenters. The summed E-state index contributed by atoms with van der Waals surface area (Å²) in [5, 5.41) is 22.5. The van der Waals surface area contributed by atoms with Crippen molar-refractivity contribution in [3.8, 4) is 0 Å². The van der Waals surface area contributed by atoms with Gasteiger partial charge in [0.25, 0.3) is 0 Å². The van der Waals surface area contributed by atoms with Crippen LogP contribution in [0, 0.1) is 10.8 Å². The van der Waals surface area contributed by atoms with Crippen molar-refractivity contribution in [3.63, 3.8) is 0 Å². The summed E-state index contributed by atoms with van der Waals surface area (Å²) < 4.78 is 0. The fraction of sp³-hybridized carbons (Fsp3) is 0.700. The Balaban J connectivity index is 0.000000152. The van der Waals surface area contributed by atoms with Crippen molar-refractivity contribution in [2.24, 2.45) is 10.8 Å². The van der Waals surface area contributed by atoms with Crippen molar-refractivity contribution in [2.45, 2.75) is 50.9 Å². The summed E-state index contributed by atoms with van der Waals surface area (Å²) >= 11 is 0. The van der Waals surface area contributed by atoms with Crippen LogP contribution in [-0.4, -0.2) is 53.5 Å². The molecule has 0 bridgehead atoms. The second-order valence-corrected chi connectivity index (χ2v) is 8.40. The van der Waals surface area contributed by atoms with Crippen LogP contribution in [0.1, 0.15) is 44.2 Å². The van der Waals surface area contributed by atoms with Gasteiger partial charge in [-0.2, -0.15) is 0 Å². The Hall–Kier alpha value is -0.940. The highest BCUT2D eigenvalue weighted by Crippen LogP contribution is 2.54. The fourth-order valence-electron chi connectivity index (χ4n) is 4.34. The first kappa shape index (κ1) is 16.5. The molecule has 4 fully saturated rings.